The summed E-state index contributed by atoms with van der Waals surface area (Å²) in [6.45, 7) is 0.796. The van der Waals surface area contributed by atoms with E-state index in [0.717, 1.165) is 11.3 Å². The molecule has 1 N–H and O–H groups in total. The molecule has 1 aromatic heterocycles. The van der Waals surface area contributed by atoms with Gasteiger partial charge in [0.2, 0.25) is 0 Å². The number of aliphatic carboxylic acids is 1. The molecular formula is C11H11Cl2NO3S. The zero-order chi connectivity index (χ0) is 13.3. The van der Waals surface area contributed by atoms with E-state index in [-0.39, 0.29) is 12.5 Å². The van der Waals surface area contributed by atoms with Gasteiger partial charge in [-0.1, -0.05) is 23.2 Å². The molecule has 0 aromatic carbocycles. The molecule has 0 bridgehead atoms. The van der Waals surface area contributed by atoms with Gasteiger partial charge in [0.05, 0.1) is 15.8 Å². The molecule has 0 saturated carbocycles. The first-order valence-electron chi connectivity index (χ1n) is 5.46. The van der Waals surface area contributed by atoms with Gasteiger partial charge in [-0.15, -0.1) is 11.3 Å². The molecule has 2 rings (SSSR count). The summed E-state index contributed by atoms with van der Waals surface area (Å²) in [6, 6.07) is 1.53. The highest BCUT2D eigenvalue weighted by Gasteiger charge is 2.29. The second-order valence-electron chi connectivity index (χ2n) is 4.17. The first kappa shape index (κ1) is 13.6. The fourth-order valence-electron chi connectivity index (χ4n) is 2.02. The van der Waals surface area contributed by atoms with Gasteiger partial charge in [-0.05, 0) is 18.9 Å². The van der Waals surface area contributed by atoms with Crippen LogP contribution in [0.5, 0.6) is 0 Å². The molecule has 18 heavy (non-hydrogen) atoms. The molecule has 1 amide bonds. The smallest absolute Gasteiger partial charge is 0.308 e. The molecule has 1 aliphatic rings. The Morgan fingerprint density at radius 2 is 2.17 bits per heavy atom. The van der Waals surface area contributed by atoms with Crippen LogP contribution in [0.2, 0.25) is 8.67 Å². The van der Waals surface area contributed by atoms with Crippen LogP contribution < -0.4 is 0 Å². The van der Waals surface area contributed by atoms with Crippen LogP contribution in [-0.4, -0.2) is 35.0 Å². The first-order valence-corrected chi connectivity index (χ1v) is 7.03. The maximum atomic E-state index is 12.2. The molecule has 1 aliphatic heterocycles. The van der Waals surface area contributed by atoms with Crippen molar-refractivity contribution in [2.75, 3.05) is 13.1 Å². The molecule has 4 nitrogen and oxygen atoms in total. The number of piperidine rings is 1. The number of carbonyl (C=O) groups excluding carboxylic acids is 1. The minimum atomic E-state index is -0.859. The van der Waals surface area contributed by atoms with Crippen molar-refractivity contribution in [3.63, 3.8) is 0 Å². The first-order chi connectivity index (χ1) is 8.49. The van der Waals surface area contributed by atoms with E-state index in [4.69, 9.17) is 28.3 Å². The third-order valence-corrected chi connectivity index (χ3v) is 4.43. The van der Waals surface area contributed by atoms with Crippen LogP contribution in [0.1, 0.15) is 23.2 Å². The number of nitrogens with zero attached hydrogens (tertiary/aromatic N) is 1. The van der Waals surface area contributed by atoms with Gasteiger partial charge in [-0.2, -0.15) is 0 Å². The average molecular weight is 308 g/mol. The van der Waals surface area contributed by atoms with Gasteiger partial charge in [-0.3, -0.25) is 9.59 Å². The SMILES string of the molecule is O=C(O)[C@H]1CCCN(C(=O)c2cc(Cl)sc2Cl)C1. The minimum Gasteiger partial charge on any atom is -0.481 e. The summed E-state index contributed by atoms with van der Waals surface area (Å²) >= 11 is 12.9. The van der Waals surface area contributed by atoms with Crippen LogP contribution in [0.25, 0.3) is 0 Å². The van der Waals surface area contributed by atoms with E-state index in [1.807, 2.05) is 0 Å². The number of amides is 1. The molecule has 0 radical (unpaired) electrons. The third kappa shape index (κ3) is 2.79. The lowest BCUT2D eigenvalue weighted by Crippen LogP contribution is -2.42. The Hall–Kier alpha value is -0.780. The molecular weight excluding hydrogens is 297 g/mol. The summed E-state index contributed by atoms with van der Waals surface area (Å²) in [6.07, 6.45) is 1.30. The topological polar surface area (TPSA) is 57.6 Å². The molecule has 1 saturated heterocycles. The second kappa shape index (κ2) is 5.47. The molecule has 0 spiro atoms. The number of likely N-dealkylation sites (tertiary alicyclic amines) is 1. The highest BCUT2D eigenvalue weighted by atomic mass is 35.5. The zero-order valence-electron chi connectivity index (χ0n) is 9.36. The third-order valence-electron chi connectivity index (χ3n) is 2.94. The fourth-order valence-corrected chi connectivity index (χ4v) is 3.47. The molecule has 0 aliphatic carbocycles. The normalized spacial score (nSPS) is 19.9. The number of rotatable bonds is 2. The molecule has 0 unspecified atom stereocenters. The number of carboxylic acids is 1. The van der Waals surface area contributed by atoms with Crippen LogP contribution >= 0.6 is 34.5 Å². The predicted octanol–water partition coefficient (Wildman–Crippen LogP) is 2.99. The minimum absolute atomic E-state index is 0.234. The zero-order valence-corrected chi connectivity index (χ0v) is 11.7. The van der Waals surface area contributed by atoms with Crippen LogP contribution in [0.15, 0.2) is 6.07 Å². The van der Waals surface area contributed by atoms with E-state index in [1.54, 1.807) is 0 Å². The van der Waals surface area contributed by atoms with Crippen molar-refractivity contribution < 1.29 is 14.7 Å². The molecule has 1 aromatic rings. The van der Waals surface area contributed by atoms with Gasteiger partial charge < -0.3 is 10.0 Å². The van der Waals surface area contributed by atoms with E-state index in [9.17, 15) is 9.59 Å². The summed E-state index contributed by atoms with van der Waals surface area (Å²) in [5, 5.41) is 8.98. The van der Waals surface area contributed by atoms with Gasteiger partial charge in [-0.25, -0.2) is 0 Å². The Balaban J connectivity index is 2.14. The quantitative estimate of drug-likeness (QED) is 0.913. The molecule has 1 fully saturated rings. The lowest BCUT2D eigenvalue weighted by Gasteiger charge is -2.30. The fraction of sp³-hybridized carbons (Fsp3) is 0.455. The Bertz CT molecular complexity index is 489. The summed E-state index contributed by atoms with van der Waals surface area (Å²) in [5.74, 6) is -1.59. The summed E-state index contributed by atoms with van der Waals surface area (Å²) in [7, 11) is 0. The lowest BCUT2D eigenvalue weighted by atomic mass is 9.98. The second-order valence-corrected chi connectivity index (χ2v) is 6.45. The van der Waals surface area contributed by atoms with Crippen molar-refractivity contribution in [2.24, 2.45) is 5.92 Å². The van der Waals surface area contributed by atoms with Crippen molar-refractivity contribution in [1.82, 2.24) is 4.90 Å². The van der Waals surface area contributed by atoms with Gasteiger partial charge >= 0.3 is 5.97 Å². The van der Waals surface area contributed by atoms with E-state index in [0.29, 0.717) is 33.6 Å². The Labute approximate surface area is 118 Å². The number of hydrogen-bond donors (Lipinski definition) is 1. The maximum Gasteiger partial charge on any atom is 0.308 e. The lowest BCUT2D eigenvalue weighted by molar-refractivity contribution is -0.143. The van der Waals surface area contributed by atoms with Gasteiger partial charge in [0.25, 0.3) is 5.91 Å². The molecule has 2 heterocycles. The predicted molar refractivity (Wildman–Crippen MR) is 70.6 cm³/mol. The summed E-state index contributed by atoms with van der Waals surface area (Å²) in [5.41, 5.74) is 0.359. The Morgan fingerprint density at radius 1 is 1.44 bits per heavy atom. The Kier molecular flexibility index (Phi) is 4.14. The van der Waals surface area contributed by atoms with Crippen molar-refractivity contribution in [1.29, 1.82) is 0 Å². The van der Waals surface area contributed by atoms with E-state index in [1.165, 1.54) is 11.0 Å². The largest absolute Gasteiger partial charge is 0.481 e. The molecule has 98 valence electrons. The van der Waals surface area contributed by atoms with E-state index in [2.05, 4.69) is 0 Å². The van der Waals surface area contributed by atoms with Gasteiger partial charge in [0.1, 0.15) is 4.34 Å². The van der Waals surface area contributed by atoms with E-state index >= 15 is 0 Å². The highest BCUT2D eigenvalue weighted by Crippen LogP contribution is 2.32. The van der Waals surface area contributed by atoms with Crippen molar-refractivity contribution >= 4 is 46.4 Å². The highest BCUT2D eigenvalue weighted by molar-refractivity contribution is 7.20. The monoisotopic (exact) mass is 307 g/mol. The van der Waals surface area contributed by atoms with Crippen LogP contribution in [0.4, 0.5) is 0 Å². The average Bonchev–Trinajstić information content (AvgIpc) is 2.67. The van der Waals surface area contributed by atoms with Crippen LogP contribution in [0, 0.1) is 5.92 Å². The number of halogens is 2. The van der Waals surface area contributed by atoms with Gasteiger partial charge in [0, 0.05) is 13.1 Å². The van der Waals surface area contributed by atoms with Crippen molar-refractivity contribution in [3.8, 4) is 0 Å². The van der Waals surface area contributed by atoms with E-state index < -0.39 is 11.9 Å². The summed E-state index contributed by atoms with van der Waals surface area (Å²) in [4.78, 5) is 24.7. The molecule has 7 heteroatoms. The number of hydrogen-bond acceptors (Lipinski definition) is 3. The van der Waals surface area contributed by atoms with Crippen molar-refractivity contribution in [3.05, 3.63) is 20.3 Å². The number of thiophene rings is 1. The Morgan fingerprint density at radius 3 is 2.72 bits per heavy atom. The number of carbonyl (C=O) groups is 2. The van der Waals surface area contributed by atoms with Crippen LogP contribution in [0.3, 0.4) is 0 Å². The summed E-state index contributed by atoms with van der Waals surface area (Å²) < 4.78 is 0.803. The maximum absolute atomic E-state index is 12.2. The number of carboxylic acid groups (broad SMARTS) is 1. The molecule has 1 atom stereocenters. The van der Waals surface area contributed by atoms with Crippen LogP contribution in [-0.2, 0) is 4.79 Å². The van der Waals surface area contributed by atoms with Crippen molar-refractivity contribution in [2.45, 2.75) is 12.8 Å². The standard InChI is InChI=1S/C11H11Cl2NO3S/c12-8-4-7(9(13)18-8)10(15)14-3-1-2-6(5-14)11(16)17/h4,6H,1-3,5H2,(H,16,17)/t6-/m0/s1. The van der Waals surface area contributed by atoms with Gasteiger partial charge in [0.15, 0.2) is 0 Å².